The predicted molar refractivity (Wildman–Crippen MR) is 100 cm³/mol. The van der Waals surface area contributed by atoms with Gasteiger partial charge in [0.2, 0.25) is 0 Å². The van der Waals surface area contributed by atoms with E-state index in [9.17, 15) is 9.59 Å². The quantitative estimate of drug-likeness (QED) is 0.376. The fourth-order valence-corrected chi connectivity index (χ4v) is 2.75. The van der Waals surface area contributed by atoms with Crippen LogP contribution in [0.5, 0.6) is 0 Å². The van der Waals surface area contributed by atoms with E-state index in [2.05, 4.69) is 10.5 Å². The van der Waals surface area contributed by atoms with Gasteiger partial charge in [-0.05, 0) is 36.6 Å². The fraction of sp³-hybridized carbons (Fsp3) is 0.150. The summed E-state index contributed by atoms with van der Waals surface area (Å²) < 4.78 is 0. The third kappa shape index (κ3) is 3.64. The second kappa shape index (κ2) is 7.65. The van der Waals surface area contributed by atoms with Crippen LogP contribution in [0.25, 0.3) is 6.08 Å². The van der Waals surface area contributed by atoms with Crippen LogP contribution in [0, 0.1) is 0 Å². The number of carbonyl (C=O) groups excluding carboxylic acids is 2. The normalized spacial score (nSPS) is 17.8. The zero-order valence-corrected chi connectivity index (χ0v) is 14.3. The van der Waals surface area contributed by atoms with Gasteiger partial charge in [-0.15, -0.1) is 0 Å². The standard InChI is InChI=1S/C20H19N3O3/c1-14(22-26)16-10-12-17(13-11-16)23-19(24)18(21-20(23)25)9-5-8-15-6-3-2-4-7-15/h2-8,10-13,18,26H,9H2,1H3,(H,21,25)/b8-5+,22-14+. The number of benzene rings is 2. The minimum atomic E-state index is -0.581. The first-order valence-corrected chi connectivity index (χ1v) is 8.25. The van der Waals surface area contributed by atoms with Crippen molar-refractivity contribution in [1.29, 1.82) is 0 Å². The molecule has 2 aromatic carbocycles. The molecule has 6 heteroatoms. The SMILES string of the molecule is C/C(=N\O)c1ccc(N2C(=O)NC(C/C=C/c3ccccc3)C2=O)cc1. The zero-order valence-electron chi connectivity index (χ0n) is 14.3. The number of hydrogen-bond donors (Lipinski definition) is 2. The Kier molecular flexibility index (Phi) is 5.12. The maximum absolute atomic E-state index is 12.6. The summed E-state index contributed by atoms with van der Waals surface area (Å²) in [6.07, 6.45) is 4.23. The van der Waals surface area contributed by atoms with E-state index < -0.39 is 12.1 Å². The van der Waals surface area contributed by atoms with Gasteiger partial charge in [-0.1, -0.05) is 59.8 Å². The Morgan fingerprint density at radius 2 is 1.85 bits per heavy atom. The fourth-order valence-electron chi connectivity index (χ4n) is 2.75. The van der Waals surface area contributed by atoms with Crippen molar-refractivity contribution in [2.75, 3.05) is 4.90 Å². The molecule has 6 nitrogen and oxygen atoms in total. The van der Waals surface area contributed by atoms with Crippen LogP contribution in [0.3, 0.4) is 0 Å². The van der Waals surface area contributed by atoms with Gasteiger partial charge in [0.25, 0.3) is 5.91 Å². The number of imide groups is 1. The summed E-state index contributed by atoms with van der Waals surface area (Å²) in [4.78, 5) is 25.9. The van der Waals surface area contributed by atoms with Gasteiger partial charge in [-0.2, -0.15) is 0 Å². The lowest BCUT2D eigenvalue weighted by molar-refractivity contribution is -0.118. The maximum Gasteiger partial charge on any atom is 0.329 e. The molecule has 0 aromatic heterocycles. The van der Waals surface area contributed by atoms with Gasteiger partial charge in [-0.3, -0.25) is 4.79 Å². The average molecular weight is 349 g/mol. The van der Waals surface area contributed by atoms with Crippen LogP contribution < -0.4 is 10.2 Å². The molecule has 0 bridgehead atoms. The molecule has 1 atom stereocenters. The van der Waals surface area contributed by atoms with Crippen molar-refractivity contribution in [3.05, 3.63) is 71.8 Å². The number of amides is 3. The molecule has 1 aliphatic rings. The van der Waals surface area contributed by atoms with Crippen molar-refractivity contribution in [3.8, 4) is 0 Å². The Bertz CT molecular complexity index is 858. The molecule has 2 N–H and O–H groups in total. The van der Waals surface area contributed by atoms with Crippen LogP contribution in [0.15, 0.2) is 65.8 Å². The molecule has 0 spiro atoms. The summed E-state index contributed by atoms with van der Waals surface area (Å²) in [5, 5.41) is 14.7. The molecule has 3 rings (SSSR count). The summed E-state index contributed by atoms with van der Waals surface area (Å²) in [6, 6.07) is 15.5. The molecule has 1 saturated heterocycles. The van der Waals surface area contributed by atoms with E-state index in [1.165, 1.54) is 0 Å². The minimum absolute atomic E-state index is 0.284. The van der Waals surface area contributed by atoms with Gasteiger partial charge in [0.1, 0.15) is 6.04 Å². The summed E-state index contributed by atoms with van der Waals surface area (Å²) in [5.74, 6) is -0.284. The molecule has 1 unspecified atom stereocenters. The lowest BCUT2D eigenvalue weighted by Crippen LogP contribution is -2.31. The van der Waals surface area contributed by atoms with Gasteiger partial charge in [0, 0.05) is 0 Å². The van der Waals surface area contributed by atoms with Gasteiger partial charge >= 0.3 is 6.03 Å². The van der Waals surface area contributed by atoms with Crippen molar-refractivity contribution >= 4 is 29.4 Å². The van der Waals surface area contributed by atoms with E-state index in [0.717, 1.165) is 10.5 Å². The zero-order chi connectivity index (χ0) is 18.5. The lowest BCUT2D eigenvalue weighted by Gasteiger charge is -2.13. The lowest BCUT2D eigenvalue weighted by atomic mass is 10.1. The summed E-state index contributed by atoms with van der Waals surface area (Å²) in [5.41, 5.74) is 2.69. The highest BCUT2D eigenvalue weighted by Crippen LogP contribution is 2.22. The van der Waals surface area contributed by atoms with Crippen molar-refractivity contribution in [2.45, 2.75) is 19.4 Å². The number of hydrogen-bond acceptors (Lipinski definition) is 4. The number of carbonyl (C=O) groups is 2. The van der Waals surface area contributed by atoms with E-state index in [1.54, 1.807) is 31.2 Å². The topological polar surface area (TPSA) is 82.0 Å². The van der Waals surface area contributed by atoms with E-state index in [4.69, 9.17) is 5.21 Å². The molecule has 0 saturated carbocycles. The van der Waals surface area contributed by atoms with Crippen molar-refractivity contribution in [2.24, 2.45) is 5.16 Å². The smallest absolute Gasteiger partial charge is 0.329 e. The molecule has 2 aromatic rings. The Hall–Kier alpha value is -3.41. The van der Waals surface area contributed by atoms with Crippen LogP contribution in [0.4, 0.5) is 10.5 Å². The summed E-state index contributed by atoms with van der Waals surface area (Å²) in [7, 11) is 0. The van der Waals surface area contributed by atoms with Crippen LogP contribution in [0.1, 0.15) is 24.5 Å². The van der Waals surface area contributed by atoms with E-state index >= 15 is 0 Å². The first kappa shape index (κ1) is 17.4. The Morgan fingerprint density at radius 3 is 2.50 bits per heavy atom. The third-order valence-electron chi connectivity index (χ3n) is 4.19. The molecule has 1 heterocycles. The highest BCUT2D eigenvalue weighted by Gasteiger charge is 2.38. The maximum atomic E-state index is 12.6. The average Bonchev–Trinajstić information content (AvgIpc) is 2.95. The molecule has 132 valence electrons. The monoisotopic (exact) mass is 349 g/mol. The number of rotatable bonds is 5. The second-order valence-electron chi connectivity index (χ2n) is 5.96. The Balaban J connectivity index is 1.69. The summed E-state index contributed by atoms with van der Waals surface area (Å²) in [6.45, 7) is 1.66. The Labute approximate surface area is 151 Å². The van der Waals surface area contributed by atoms with Crippen LogP contribution in [-0.2, 0) is 4.79 Å². The van der Waals surface area contributed by atoms with E-state index in [-0.39, 0.29) is 5.91 Å². The largest absolute Gasteiger partial charge is 0.411 e. The minimum Gasteiger partial charge on any atom is -0.411 e. The number of nitrogens with one attached hydrogen (secondary N) is 1. The van der Waals surface area contributed by atoms with Gasteiger partial charge < -0.3 is 10.5 Å². The van der Waals surface area contributed by atoms with Crippen molar-refractivity contribution in [1.82, 2.24) is 5.32 Å². The number of urea groups is 1. The molecule has 1 fully saturated rings. The molecule has 0 aliphatic carbocycles. The number of oxime groups is 1. The van der Waals surface area contributed by atoms with Gasteiger partial charge in [0.05, 0.1) is 11.4 Å². The van der Waals surface area contributed by atoms with Crippen LogP contribution in [0.2, 0.25) is 0 Å². The highest BCUT2D eigenvalue weighted by molar-refractivity contribution is 6.21. The first-order valence-electron chi connectivity index (χ1n) is 8.25. The van der Waals surface area contributed by atoms with Crippen molar-refractivity contribution < 1.29 is 14.8 Å². The molecule has 1 aliphatic heterocycles. The first-order chi connectivity index (χ1) is 12.6. The molecular formula is C20H19N3O3. The number of anilines is 1. The van der Waals surface area contributed by atoms with E-state index in [1.807, 2.05) is 42.5 Å². The van der Waals surface area contributed by atoms with Crippen LogP contribution in [-0.4, -0.2) is 28.9 Å². The molecular weight excluding hydrogens is 330 g/mol. The second-order valence-corrected chi connectivity index (χ2v) is 5.96. The van der Waals surface area contributed by atoms with Crippen LogP contribution >= 0.6 is 0 Å². The third-order valence-corrected chi connectivity index (χ3v) is 4.19. The molecule has 0 radical (unpaired) electrons. The molecule has 3 amide bonds. The predicted octanol–water partition coefficient (Wildman–Crippen LogP) is 3.41. The van der Waals surface area contributed by atoms with Gasteiger partial charge in [-0.25, -0.2) is 9.69 Å². The van der Waals surface area contributed by atoms with E-state index in [0.29, 0.717) is 23.4 Å². The summed E-state index contributed by atoms with van der Waals surface area (Å²) >= 11 is 0. The van der Waals surface area contributed by atoms with Gasteiger partial charge in [0.15, 0.2) is 0 Å². The highest BCUT2D eigenvalue weighted by atomic mass is 16.4. The molecule has 26 heavy (non-hydrogen) atoms. The number of nitrogens with zero attached hydrogens (tertiary/aromatic N) is 2. The Morgan fingerprint density at radius 1 is 1.15 bits per heavy atom. The van der Waals surface area contributed by atoms with Crippen molar-refractivity contribution in [3.63, 3.8) is 0 Å².